The number of benzene rings is 1. The Morgan fingerprint density at radius 3 is 2.53 bits per heavy atom. The van der Waals surface area contributed by atoms with Crippen LogP contribution in [0.3, 0.4) is 0 Å². The average molecular weight is 289 g/mol. The molecule has 2 N–H and O–H groups in total. The van der Waals surface area contributed by atoms with Crippen molar-refractivity contribution in [2.24, 2.45) is 0 Å². The Balaban J connectivity index is 0.00000324. The van der Waals surface area contributed by atoms with Gasteiger partial charge in [0, 0.05) is 13.1 Å². The molecule has 0 radical (unpaired) electrons. The smallest absolute Gasteiger partial charge is 0.223 e. The van der Waals surface area contributed by atoms with Crippen molar-refractivity contribution in [3.63, 3.8) is 0 Å². The van der Waals surface area contributed by atoms with E-state index in [1.807, 2.05) is 31.3 Å². The second-order valence-electron chi connectivity index (χ2n) is 3.70. The highest BCUT2D eigenvalue weighted by Crippen LogP contribution is 2.25. The van der Waals surface area contributed by atoms with E-state index in [1.54, 1.807) is 7.11 Å². The molecule has 0 spiro atoms. The summed E-state index contributed by atoms with van der Waals surface area (Å²) in [6.07, 6.45) is 0.335. The molecule has 0 atom stereocenters. The SMILES string of the molecule is CNCCNC(=O)CCOc1ccccc1OC.Cl. The first-order valence-corrected chi connectivity index (χ1v) is 5.95. The van der Waals surface area contributed by atoms with Gasteiger partial charge < -0.3 is 20.1 Å². The fourth-order valence-corrected chi connectivity index (χ4v) is 1.41. The fraction of sp³-hybridized carbons (Fsp3) is 0.462. The van der Waals surface area contributed by atoms with Gasteiger partial charge in [0.15, 0.2) is 11.5 Å². The molecule has 0 unspecified atom stereocenters. The number of hydrogen-bond donors (Lipinski definition) is 2. The molecule has 108 valence electrons. The van der Waals surface area contributed by atoms with Gasteiger partial charge >= 0.3 is 0 Å². The van der Waals surface area contributed by atoms with Crippen molar-refractivity contribution in [2.45, 2.75) is 6.42 Å². The van der Waals surface area contributed by atoms with E-state index in [0.717, 1.165) is 6.54 Å². The summed E-state index contributed by atoms with van der Waals surface area (Å²) >= 11 is 0. The number of halogens is 1. The summed E-state index contributed by atoms with van der Waals surface area (Å²) in [5.74, 6) is 1.32. The van der Waals surface area contributed by atoms with Crippen molar-refractivity contribution in [3.8, 4) is 11.5 Å². The van der Waals surface area contributed by atoms with Crippen molar-refractivity contribution in [2.75, 3.05) is 33.9 Å². The molecule has 0 aliphatic rings. The quantitative estimate of drug-likeness (QED) is 0.706. The van der Waals surface area contributed by atoms with Gasteiger partial charge in [-0.3, -0.25) is 4.79 Å². The molecule has 6 heteroatoms. The first-order valence-electron chi connectivity index (χ1n) is 5.95. The van der Waals surface area contributed by atoms with Gasteiger partial charge in [-0.05, 0) is 19.2 Å². The molecule has 0 fully saturated rings. The summed E-state index contributed by atoms with van der Waals surface area (Å²) < 4.78 is 10.7. The average Bonchev–Trinajstić information content (AvgIpc) is 2.39. The van der Waals surface area contributed by atoms with E-state index in [-0.39, 0.29) is 18.3 Å². The summed E-state index contributed by atoms with van der Waals surface area (Å²) in [4.78, 5) is 11.4. The Morgan fingerprint density at radius 1 is 1.21 bits per heavy atom. The van der Waals surface area contributed by atoms with Crippen molar-refractivity contribution < 1.29 is 14.3 Å². The zero-order valence-corrected chi connectivity index (χ0v) is 12.1. The van der Waals surface area contributed by atoms with E-state index in [1.165, 1.54) is 0 Å². The number of ether oxygens (including phenoxy) is 2. The number of rotatable bonds is 8. The third-order valence-electron chi connectivity index (χ3n) is 2.35. The van der Waals surface area contributed by atoms with E-state index in [4.69, 9.17) is 9.47 Å². The molecule has 19 heavy (non-hydrogen) atoms. The number of hydrogen-bond acceptors (Lipinski definition) is 4. The van der Waals surface area contributed by atoms with E-state index in [9.17, 15) is 4.79 Å². The Kier molecular flexibility index (Phi) is 9.66. The molecular weight excluding hydrogens is 268 g/mol. The van der Waals surface area contributed by atoms with E-state index in [0.29, 0.717) is 31.1 Å². The van der Waals surface area contributed by atoms with Gasteiger partial charge in [-0.15, -0.1) is 12.4 Å². The Hall–Kier alpha value is -1.46. The lowest BCUT2D eigenvalue weighted by atomic mass is 10.3. The third kappa shape index (κ3) is 6.88. The first-order chi connectivity index (χ1) is 8.77. The largest absolute Gasteiger partial charge is 0.493 e. The second kappa shape index (κ2) is 10.5. The van der Waals surface area contributed by atoms with Crippen LogP contribution in [0.2, 0.25) is 0 Å². The number of carbonyl (C=O) groups is 1. The minimum absolute atomic E-state index is 0. The lowest BCUT2D eigenvalue weighted by molar-refractivity contribution is -0.121. The monoisotopic (exact) mass is 288 g/mol. The van der Waals surface area contributed by atoms with Crippen molar-refractivity contribution in [1.29, 1.82) is 0 Å². The zero-order chi connectivity index (χ0) is 13.2. The summed E-state index contributed by atoms with van der Waals surface area (Å²) in [7, 11) is 3.43. The van der Waals surface area contributed by atoms with Crippen LogP contribution in [0.25, 0.3) is 0 Å². The van der Waals surface area contributed by atoms with Crippen molar-refractivity contribution in [1.82, 2.24) is 10.6 Å². The number of amides is 1. The van der Waals surface area contributed by atoms with E-state index < -0.39 is 0 Å². The summed E-state index contributed by atoms with van der Waals surface area (Å²) in [5, 5.41) is 5.74. The molecule has 0 aromatic heterocycles. The van der Waals surface area contributed by atoms with Gasteiger partial charge in [-0.25, -0.2) is 0 Å². The van der Waals surface area contributed by atoms with Crippen LogP contribution in [0.4, 0.5) is 0 Å². The van der Waals surface area contributed by atoms with Crippen LogP contribution in [0.1, 0.15) is 6.42 Å². The van der Waals surface area contributed by atoms with Crippen LogP contribution in [0, 0.1) is 0 Å². The minimum Gasteiger partial charge on any atom is -0.493 e. The van der Waals surface area contributed by atoms with Crippen LogP contribution in [-0.2, 0) is 4.79 Å². The maximum Gasteiger partial charge on any atom is 0.223 e. The molecule has 5 nitrogen and oxygen atoms in total. The molecule has 0 saturated heterocycles. The molecule has 0 aliphatic carbocycles. The standard InChI is InChI=1S/C13H20N2O3.ClH/c1-14-8-9-15-13(16)7-10-18-12-6-4-3-5-11(12)17-2;/h3-6,14H,7-10H2,1-2H3,(H,15,16);1H. The Morgan fingerprint density at radius 2 is 1.89 bits per heavy atom. The summed E-state index contributed by atoms with van der Waals surface area (Å²) in [6, 6.07) is 7.38. The Bertz CT molecular complexity index is 375. The summed E-state index contributed by atoms with van der Waals surface area (Å²) in [6.45, 7) is 1.73. The fourth-order valence-electron chi connectivity index (χ4n) is 1.41. The second-order valence-corrected chi connectivity index (χ2v) is 3.70. The number of nitrogens with one attached hydrogen (secondary N) is 2. The molecule has 0 bridgehead atoms. The van der Waals surface area contributed by atoms with Crippen LogP contribution in [0.5, 0.6) is 11.5 Å². The molecule has 0 saturated carbocycles. The predicted octanol–water partition coefficient (Wildman–Crippen LogP) is 1.22. The van der Waals surface area contributed by atoms with Crippen LogP contribution in [0.15, 0.2) is 24.3 Å². The normalized spacial score (nSPS) is 9.37. The molecular formula is C13H21ClN2O3. The van der Waals surface area contributed by atoms with Crippen LogP contribution >= 0.6 is 12.4 Å². The number of carbonyl (C=O) groups excluding carboxylic acids is 1. The maximum absolute atomic E-state index is 11.4. The molecule has 1 amide bonds. The van der Waals surface area contributed by atoms with E-state index >= 15 is 0 Å². The highest BCUT2D eigenvalue weighted by atomic mass is 35.5. The van der Waals surface area contributed by atoms with Crippen LogP contribution < -0.4 is 20.1 Å². The lowest BCUT2D eigenvalue weighted by Gasteiger charge is -2.10. The zero-order valence-electron chi connectivity index (χ0n) is 11.3. The topological polar surface area (TPSA) is 59.6 Å². The Labute approximate surface area is 120 Å². The molecule has 1 rings (SSSR count). The maximum atomic E-state index is 11.4. The molecule has 1 aromatic rings. The highest BCUT2D eigenvalue weighted by molar-refractivity contribution is 5.85. The number of methoxy groups -OCH3 is 1. The number of para-hydroxylation sites is 2. The molecule has 0 heterocycles. The van der Waals surface area contributed by atoms with Gasteiger partial charge in [0.1, 0.15) is 0 Å². The van der Waals surface area contributed by atoms with Gasteiger partial charge in [0.25, 0.3) is 0 Å². The van der Waals surface area contributed by atoms with Crippen molar-refractivity contribution >= 4 is 18.3 Å². The molecule has 1 aromatic carbocycles. The van der Waals surface area contributed by atoms with Gasteiger partial charge in [-0.2, -0.15) is 0 Å². The minimum atomic E-state index is -0.0138. The molecule has 0 aliphatic heterocycles. The predicted molar refractivity (Wildman–Crippen MR) is 77.3 cm³/mol. The number of likely N-dealkylation sites (N-methyl/N-ethyl adjacent to an activating group) is 1. The van der Waals surface area contributed by atoms with E-state index in [2.05, 4.69) is 10.6 Å². The lowest BCUT2D eigenvalue weighted by Crippen LogP contribution is -2.31. The van der Waals surface area contributed by atoms with Crippen molar-refractivity contribution in [3.05, 3.63) is 24.3 Å². The van der Waals surface area contributed by atoms with Gasteiger partial charge in [0.2, 0.25) is 5.91 Å². The van der Waals surface area contributed by atoms with Gasteiger partial charge in [-0.1, -0.05) is 12.1 Å². The third-order valence-corrected chi connectivity index (χ3v) is 2.35. The summed E-state index contributed by atoms with van der Waals surface area (Å²) in [5.41, 5.74) is 0. The van der Waals surface area contributed by atoms with Gasteiger partial charge in [0.05, 0.1) is 20.1 Å². The highest BCUT2D eigenvalue weighted by Gasteiger charge is 2.04. The first kappa shape index (κ1) is 17.5. The van der Waals surface area contributed by atoms with Crippen LogP contribution in [-0.4, -0.2) is 39.8 Å².